The van der Waals surface area contributed by atoms with E-state index >= 15 is 0 Å². The van der Waals surface area contributed by atoms with Gasteiger partial charge in [0.2, 0.25) is 5.91 Å². The van der Waals surface area contributed by atoms with Crippen molar-refractivity contribution in [3.05, 3.63) is 29.3 Å². The van der Waals surface area contributed by atoms with Crippen LogP contribution in [0.15, 0.2) is 12.4 Å². The monoisotopic (exact) mass is 288 g/mol. The highest BCUT2D eigenvalue weighted by molar-refractivity contribution is 5.84. The first-order chi connectivity index (χ1) is 10.0. The number of likely N-dealkylation sites (tertiary alicyclic amines) is 1. The Balaban J connectivity index is 1.69. The second kappa shape index (κ2) is 4.28. The SMILES string of the molecule is C[C@H]1CN(C(=O)C2(C)CCCC2)[C@@H]2c3cncc(F)c3C21. The van der Waals surface area contributed by atoms with Crippen molar-refractivity contribution in [1.29, 1.82) is 0 Å². The topological polar surface area (TPSA) is 33.2 Å². The zero-order valence-corrected chi connectivity index (χ0v) is 12.6. The van der Waals surface area contributed by atoms with Crippen molar-refractivity contribution in [2.75, 3.05) is 6.54 Å². The molecule has 2 fully saturated rings. The highest BCUT2D eigenvalue weighted by Crippen LogP contribution is 2.58. The summed E-state index contributed by atoms with van der Waals surface area (Å²) >= 11 is 0. The maximum Gasteiger partial charge on any atom is 0.229 e. The molecule has 1 amide bonds. The molecule has 1 aromatic rings. The van der Waals surface area contributed by atoms with Gasteiger partial charge in [-0.1, -0.05) is 26.7 Å². The number of nitrogens with zero attached hydrogens (tertiary/aromatic N) is 2. The van der Waals surface area contributed by atoms with E-state index < -0.39 is 0 Å². The Hall–Kier alpha value is -1.45. The van der Waals surface area contributed by atoms with Crippen molar-refractivity contribution in [3.63, 3.8) is 0 Å². The lowest BCUT2D eigenvalue weighted by Gasteiger charge is -2.41. The van der Waals surface area contributed by atoms with E-state index in [0.29, 0.717) is 5.92 Å². The van der Waals surface area contributed by atoms with Crippen LogP contribution >= 0.6 is 0 Å². The van der Waals surface area contributed by atoms with Crippen molar-refractivity contribution in [2.24, 2.45) is 11.3 Å². The second-order valence-electron chi connectivity index (χ2n) is 7.30. The molecule has 1 aromatic heterocycles. The van der Waals surface area contributed by atoms with E-state index in [2.05, 4.69) is 18.8 Å². The maximum atomic E-state index is 14.0. The molecule has 3 aliphatic rings. The Morgan fingerprint density at radius 2 is 2.10 bits per heavy atom. The normalized spacial score (nSPS) is 32.5. The van der Waals surface area contributed by atoms with Gasteiger partial charge in [-0.25, -0.2) is 4.39 Å². The largest absolute Gasteiger partial charge is 0.334 e. The first kappa shape index (κ1) is 13.2. The number of fused-ring (bicyclic) bond motifs is 4. The van der Waals surface area contributed by atoms with E-state index in [1.165, 1.54) is 6.20 Å². The molecule has 3 atom stereocenters. The highest BCUT2D eigenvalue weighted by atomic mass is 19.1. The number of carbonyl (C=O) groups is 1. The molecular weight excluding hydrogens is 267 g/mol. The molecule has 0 aromatic carbocycles. The Bertz CT molecular complexity index is 609. The van der Waals surface area contributed by atoms with Crippen molar-refractivity contribution >= 4 is 5.91 Å². The standard InChI is InChI=1S/C17H21FN2O/c1-10-9-20(16(21)17(2)5-3-4-6-17)15-11-7-19-8-12(18)14(11)13(10)15/h7-8,10,13,15H,3-6,9H2,1-2H3/t10-,13?,15+/m0/s1. The number of hydrogen-bond acceptors (Lipinski definition) is 2. The summed E-state index contributed by atoms with van der Waals surface area (Å²) in [5, 5.41) is 0. The van der Waals surface area contributed by atoms with Gasteiger partial charge in [0.25, 0.3) is 0 Å². The second-order valence-corrected chi connectivity index (χ2v) is 7.30. The molecule has 112 valence electrons. The first-order valence-electron chi connectivity index (χ1n) is 7.97. The lowest BCUT2D eigenvalue weighted by Crippen LogP contribution is -2.43. The van der Waals surface area contributed by atoms with Crippen molar-refractivity contribution in [1.82, 2.24) is 9.88 Å². The molecule has 2 heterocycles. The predicted molar refractivity (Wildman–Crippen MR) is 77.1 cm³/mol. The minimum atomic E-state index is -0.207. The van der Waals surface area contributed by atoms with Gasteiger partial charge in [-0.15, -0.1) is 0 Å². The smallest absolute Gasteiger partial charge is 0.229 e. The summed E-state index contributed by atoms with van der Waals surface area (Å²) in [6.45, 7) is 4.98. The molecular formula is C17H21FN2O. The number of pyridine rings is 1. The third kappa shape index (κ3) is 1.65. The summed E-state index contributed by atoms with van der Waals surface area (Å²) < 4.78 is 14.0. The van der Waals surface area contributed by atoms with Crippen LogP contribution in [-0.4, -0.2) is 22.3 Å². The maximum absolute atomic E-state index is 14.0. The van der Waals surface area contributed by atoms with Gasteiger partial charge in [0.1, 0.15) is 5.82 Å². The van der Waals surface area contributed by atoms with Gasteiger partial charge in [-0.05, 0) is 18.8 Å². The van der Waals surface area contributed by atoms with Gasteiger partial charge in [0.15, 0.2) is 0 Å². The molecule has 1 aliphatic heterocycles. The van der Waals surface area contributed by atoms with Crippen LogP contribution in [0.1, 0.15) is 62.6 Å². The van der Waals surface area contributed by atoms with Crippen LogP contribution in [0.2, 0.25) is 0 Å². The van der Waals surface area contributed by atoms with Gasteiger partial charge in [0, 0.05) is 35.2 Å². The van der Waals surface area contributed by atoms with Crippen LogP contribution in [0.5, 0.6) is 0 Å². The molecule has 1 unspecified atom stereocenters. The molecule has 0 radical (unpaired) electrons. The number of amides is 1. The number of hydrogen-bond donors (Lipinski definition) is 0. The van der Waals surface area contributed by atoms with Crippen LogP contribution in [-0.2, 0) is 4.79 Å². The van der Waals surface area contributed by atoms with Crippen molar-refractivity contribution in [3.8, 4) is 0 Å². The molecule has 3 nitrogen and oxygen atoms in total. The molecule has 4 rings (SSSR count). The van der Waals surface area contributed by atoms with Crippen LogP contribution in [0.25, 0.3) is 0 Å². The summed E-state index contributed by atoms with van der Waals surface area (Å²) in [5.41, 5.74) is 1.53. The Kier molecular flexibility index (Phi) is 2.69. The van der Waals surface area contributed by atoms with Crippen LogP contribution in [0, 0.1) is 17.2 Å². The zero-order chi connectivity index (χ0) is 14.8. The number of halogens is 1. The summed E-state index contributed by atoms with van der Waals surface area (Å²) in [6.07, 6.45) is 7.31. The van der Waals surface area contributed by atoms with E-state index in [1.807, 2.05) is 4.90 Å². The van der Waals surface area contributed by atoms with Crippen molar-refractivity contribution in [2.45, 2.75) is 51.5 Å². The Morgan fingerprint density at radius 3 is 2.81 bits per heavy atom. The Labute approximate surface area is 124 Å². The number of rotatable bonds is 1. The van der Waals surface area contributed by atoms with Gasteiger partial charge < -0.3 is 4.90 Å². The molecule has 0 bridgehead atoms. The summed E-state index contributed by atoms with van der Waals surface area (Å²) in [5.74, 6) is 0.557. The average Bonchev–Trinajstić information content (AvgIpc) is 2.97. The first-order valence-corrected chi connectivity index (χ1v) is 7.97. The molecule has 0 spiro atoms. The molecule has 4 heteroatoms. The van der Waals surface area contributed by atoms with E-state index in [0.717, 1.165) is 43.4 Å². The van der Waals surface area contributed by atoms with E-state index in [-0.39, 0.29) is 29.1 Å². The van der Waals surface area contributed by atoms with Gasteiger partial charge in [-0.3, -0.25) is 9.78 Å². The molecule has 2 aliphatic carbocycles. The lowest BCUT2D eigenvalue weighted by molar-refractivity contribution is -0.142. The highest BCUT2D eigenvalue weighted by Gasteiger charge is 2.55. The van der Waals surface area contributed by atoms with E-state index in [1.54, 1.807) is 6.20 Å². The minimum Gasteiger partial charge on any atom is -0.334 e. The summed E-state index contributed by atoms with van der Waals surface area (Å²) in [6, 6.07) is 0.0584. The molecule has 0 N–H and O–H groups in total. The summed E-state index contributed by atoms with van der Waals surface area (Å²) in [4.78, 5) is 19.0. The number of aromatic nitrogens is 1. The molecule has 21 heavy (non-hydrogen) atoms. The van der Waals surface area contributed by atoms with Gasteiger partial charge in [0.05, 0.1) is 12.2 Å². The molecule has 1 saturated carbocycles. The van der Waals surface area contributed by atoms with Gasteiger partial charge >= 0.3 is 0 Å². The fourth-order valence-corrected chi connectivity index (χ4v) is 4.72. The Morgan fingerprint density at radius 1 is 1.38 bits per heavy atom. The van der Waals surface area contributed by atoms with E-state index in [9.17, 15) is 9.18 Å². The van der Waals surface area contributed by atoms with E-state index in [4.69, 9.17) is 0 Å². The number of carbonyl (C=O) groups excluding carboxylic acids is 1. The van der Waals surface area contributed by atoms with Crippen LogP contribution in [0.3, 0.4) is 0 Å². The third-order valence-corrected chi connectivity index (χ3v) is 5.88. The molecule has 1 saturated heterocycles. The quantitative estimate of drug-likeness (QED) is 0.793. The van der Waals surface area contributed by atoms with Crippen LogP contribution in [0.4, 0.5) is 4.39 Å². The van der Waals surface area contributed by atoms with Crippen LogP contribution < -0.4 is 0 Å². The minimum absolute atomic E-state index is 0.0584. The fraction of sp³-hybridized carbons (Fsp3) is 0.647. The summed E-state index contributed by atoms with van der Waals surface area (Å²) in [7, 11) is 0. The average molecular weight is 288 g/mol. The van der Waals surface area contributed by atoms with Gasteiger partial charge in [-0.2, -0.15) is 0 Å². The zero-order valence-electron chi connectivity index (χ0n) is 12.6. The lowest BCUT2D eigenvalue weighted by atomic mass is 9.70. The van der Waals surface area contributed by atoms with Crippen molar-refractivity contribution < 1.29 is 9.18 Å². The third-order valence-electron chi connectivity index (χ3n) is 5.88. The fourth-order valence-electron chi connectivity index (χ4n) is 4.72. The predicted octanol–water partition coefficient (Wildman–Crippen LogP) is 3.42.